The summed E-state index contributed by atoms with van der Waals surface area (Å²) in [6, 6.07) is 12.9. The van der Waals surface area contributed by atoms with Crippen molar-refractivity contribution in [2.45, 2.75) is 0 Å². The standard InChI is InChI=1S/C15H14ClIN2O/c1-19(2)12-5-3-4-10(8-12)15(20)18-14-7-6-11(16)9-13(14)17/h3-9H,1-2H3,(H,18,20). The molecule has 0 aliphatic rings. The molecule has 0 aromatic heterocycles. The van der Waals surface area contributed by atoms with Crippen LogP contribution in [0.5, 0.6) is 0 Å². The minimum atomic E-state index is -0.131. The second kappa shape index (κ2) is 6.45. The van der Waals surface area contributed by atoms with Crippen molar-refractivity contribution < 1.29 is 4.79 Å². The van der Waals surface area contributed by atoms with E-state index in [1.54, 1.807) is 18.2 Å². The first-order valence-corrected chi connectivity index (χ1v) is 7.47. The lowest BCUT2D eigenvalue weighted by Crippen LogP contribution is -2.14. The normalized spacial score (nSPS) is 10.2. The van der Waals surface area contributed by atoms with E-state index in [4.69, 9.17) is 11.6 Å². The van der Waals surface area contributed by atoms with E-state index in [-0.39, 0.29) is 5.91 Å². The van der Waals surface area contributed by atoms with Crippen LogP contribution in [0.2, 0.25) is 5.02 Å². The maximum absolute atomic E-state index is 12.3. The Labute approximate surface area is 137 Å². The van der Waals surface area contributed by atoms with Crippen LogP contribution >= 0.6 is 34.2 Å². The lowest BCUT2D eigenvalue weighted by Gasteiger charge is -2.14. The zero-order valence-corrected chi connectivity index (χ0v) is 14.1. The smallest absolute Gasteiger partial charge is 0.255 e. The molecule has 0 unspecified atom stereocenters. The van der Waals surface area contributed by atoms with Gasteiger partial charge < -0.3 is 10.2 Å². The summed E-state index contributed by atoms with van der Waals surface area (Å²) in [5.74, 6) is -0.131. The predicted molar refractivity (Wildman–Crippen MR) is 92.9 cm³/mol. The molecule has 3 nitrogen and oxygen atoms in total. The highest BCUT2D eigenvalue weighted by Gasteiger charge is 2.09. The van der Waals surface area contributed by atoms with Gasteiger partial charge in [0.15, 0.2) is 0 Å². The lowest BCUT2D eigenvalue weighted by atomic mass is 10.1. The van der Waals surface area contributed by atoms with Crippen molar-refractivity contribution in [1.82, 2.24) is 0 Å². The minimum absolute atomic E-state index is 0.131. The first kappa shape index (κ1) is 15.1. The maximum atomic E-state index is 12.3. The third kappa shape index (κ3) is 3.64. The summed E-state index contributed by atoms with van der Waals surface area (Å²) in [5.41, 5.74) is 2.38. The Kier molecular flexibility index (Phi) is 4.88. The Morgan fingerprint density at radius 3 is 2.60 bits per heavy atom. The molecule has 0 fully saturated rings. The van der Waals surface area contributed by atoms with Gasteiger partial charge in [-0.25, -0.2) is 0 Å². The third-order valence-electron chi connectivity index (χ3n) is 2.80. The van der Waals surface area contributed by atoms with Gasteiger partial charge in [0.1, 0.15) is 0 Å². The summed E-state index contributed by atoms with van der Waals surface area (Å²) in [4.78, 5) is 14.2. The zero-order chi connectivity index (χ0) is 14.7. The third-order valence-corrected chi connectivity index (χ3v) is 3.93. The average Bonchev–Trinajstić information content (AvgIpc) is 2.42. The van der Waals surface area contributed by atoms with E-state index in [1.165, 1.54) is 0 Å². The van der Waals surface area contributed by atoms with E-state index in [0.29, 0.717) is 10.6 Å². The highest BCUT2D eigenvalue weighted by Crippen LogP contribution is 2.23. The fourth-order valence-electron chi connectivity index (χ4n) is 1.71. The van der Waals surface area contributed by atoms with Gasteiger partial charge in [-0.15, -0.1) is 0 Å². The number of nitrogens with one attached hydrogen (secondary N) is 1. The molecule has 104 valence electrons. The quantitative estimate of drug-likeness (QED) is 0.781. The topological polar surface area (TPSA) is 32.3 Å². The Morgan fingerprint density at radius 2 is 1.95 bits per heavy atom. The molecule has 20 heavy (non-hydrogen) atoms. The SMILES string of the molecule is CN(C)c1cccc(C(=O)Nc2ccc(Cl)cc2I)c1. The molecule has 0 aliphatic heterocycles. The van der Waals surface area contributed by atoms with E-state index in [0.717, 1.165) is 14.9 Å². The molecule has 0 saturated carbocycles. The van der Waals surface area contributed by atoms with Crippen LogP contribution in [0.4, 0.5) is 11.4 Å². The van der Waals surface area contributed by atoms with Crippen LogP contribution in [0.3, 0.4) is 0 Å². The largest absolute Gasteiger partial charge is 0.378 e. The van der Waals surface area contributed by atoms with Crippen LogP contribution in [0.1, 0.15) is 10.4 Å². The molecular weight excluding hydrogens is 387 g/mol. The maximum Gasteiger partial charge on any atom is 0.255 e. The molecule has 0 radical (unpaired) electrons. The monoisotopic (exact) mass is 400 g/mol. The average molecular weight is 401 g/mol. The van der Waals surface area contributed by atoms with E-state index >= 15 is 0 Å². The number of hydrogen-bond acceptors (Lipinski definition) is 2. The minimum Gasteiger partial charge on any atom is -0.378 e. The summed E-state index contributed by atoms with van der Waals surface area (Å²) in [5, 5.41) is 3.55. The number of amides is 1. The highest BCUT2D eigenvalue weighted by molar-refractivity contribution is 14.1. The Bertz CT molecular complexity index is 644. The Morgan fingerprint density at radius 1 is 1.20 bits per heavy atom. The second-order valence-electron chi connectivity index (χ2n) is 4.52. The first-order valence-electron chi connectivity index (χ1n) is 6.01. The van der Waals surface area contributed by atoms with E-state index in [2.05, 4.69) is 27.9 Å². The van der Waals surface area contributed by atoms with Crippen molar-refractivity contribution in [3.8, 4) is 0 Å². The molecule has 0 atom stereocenters. The van der Waals surface area contributed by atoms with Gasteiger partial charge >= 0.3 is 0 Å². The van der Waals surface area contributed by atoms with Gasteiger partial charge in [0.05, 0.1) is 5.69 Å². The van der Waals surface area contributed by atoms with Gasteiger partial charge in [-0.2, -0.15) is 0 Å². The Hall–Kier alpha value is -1.27. The highest BCUT2D eigenvalue weighted by atomic mass is 127. The van der Waals surface area contributed by atoms with Crippen LogP contribution in [0.25, 0.3) is 0 Å². The summed E-state index contributed by atoms with van der Waals surface area (Å²) in [6.45, 7) is 0. The van der Waals surface area contributed by atoms with Crippen molar-refractivity contribution in [1.29, 1.82) is 0 Å². The Balaban J connectivity index is 2.21. The van der Waals surface area contributed by atoms with Gasteiger partial charge in [-0.1, -0.05) is 17.7 Å². The molecule has 0 bridgehead atoms. The molecule has 5 heteroatoms. The number of anilines is 2. The number of hydrogen-bond donors (Lipinski definition) is 1. The van der Waals surface area contributed by atoms with Crippen LogP contribution < -0.4 is 10.2 Å². The molecule has 0 spiro atoms. The number of rotatable bonds is 3. The summed E-state index contributed by atoms with van der Waals surface area (Å²) in [7, 11) is 3.89. The molecule has 2 rings (SSSR count). The summed E-state index contributed by atoms with van der Waals surface area (Å²) in [6.07, 6.45) is 0. The second-order valence-corrected chi connectivity index (χ2v) is 6.12. The molecular formula is C15H14ClIN2O. The molecule has 2 aromatic rings. The van der Waals surface area contributed by atoms with Crippen LogP contribution in [-0.2, 0) is 0 Å². The molecule has 0 heterocycles. The van der Waals surface area contributed by atoms with E-state index in [1.807, 2.05) is 43.3 Å². The van der Waals surface area contributed by atoms with Crippen molar-refractivity contribution >= 4 is 51.5 Å². The van der Waals surface area contributed by atoms with Gasteiger partial charge in [0.2, 0.25) is 0 Å². The molecule has 2 aromatic carbocycles. The fraction of sp³-hybridized carbons (Fsp3) is 0.133. The lowest BCUT2D eigenvalue weighted by molar-refractivity contribution is 0.102. The molecule has 0 aliphatic carbocycles. The predicted octanol–water partition coefficient (Wildman–Crippen LogP) is 4.26. The molecule has 0 saturated heterocycles. The van der Waals surface area contributed by atoms with Gasteiger partial charge in [-0.05, 0) is 59.0 Å². The number of carbonyl (C=O) groups excluding carboxylic acids is 1. The number of carbonyl (C=O) groups is 1. The van der Waals surface area contributed by atoms with Gasteiger partial charge in [-0.3, -0.25) is 4.79 Å². The van der Waals surface area contributed by atoms with E-state index in [9.17, 15) is 4.79 Å². The first-order chi connectivity index (χ1) is 9.47. The summed E-state index contributed by atoms with van der Waals surface area (Å²) < 4.78 is 0.909. The van der Waals surface area contributed by atoms with Gasteiger partial charge in [0.25, 0.3) is 5.91 Å². The van der Waals surface area contributed by atoms with Crippen LogP contribution in [0.15, 0.2) is 42.5 Å². The van der Waals surface area contributed by atoms with Crippen LogP contribution in [0, 0.1) is 3.57 Å². The van der Waals surface area contributed by atoms with Crippen molar-refractivity contribution in [2.75, 3.05) is 24.3 Å². The van der Waals surface area contributed by atoms with Crippen molar-refractivity contribution in [2.24, 2.45) is 0 Å². The van der Waals surface area contributed by atoms with Crippen LogP contribution in [-0.4, -0.2) is 20.0 Å². The fourth-order valence-corrected chi connectivity index (χ4v) is 2.72. The molecule has 1 amide bonds. The number of nitrogens with zero attached hydrogens (tertiary/aromatic N) is 1. The number of benzene rings is 2. The van der Waals surface area contributed by atoms with E-state index < -0.39 is 0 Å². The molecule has 1 N–H and O–H groups in total. The zero-order valence-electron chi connectivity index (χ0n) is 11.2. The van der Waals surface area contributed by atoms with Crippen molar-refractivity contribution in [3.05, 3.63) is 56.6 Å². The number of halogens is 2. The summed E-state index contributed by atoms with van der Waals surface area (Å²) >= 11 is 8.05. The van der Waals surface area contributed by atoms with Crippen molar-refractivity contribution in [3.63, 3.8) is 0 Å². The van der Waals surface area contributed by atoms with Gasteiger partial charge in [0, 0.05) is 33.9 Å².